The molecule has 4 aliphatic rings. The minimum atomic E-state index is -0.341. The number of allylic oxidation sites excluding steroid dienone is 5. The number of para-hydroxylation sites is 2. The highest BCUT2D eigenvalue weighted by Crippen LogP contribution is 2.51. The number of aliphatic hydroxyl groups excluding tert-OH is 1. The van der Waals surface area contributed by atoms with Crippen molar-refractivity contribution in [2.45, 2.75) is 57.8 Å². The predicted octanol–water partition coefficient (Wildman–Crippen LogP) is 7.20. The van der Waals surface area contributed by atoms with Crippen LogP contribution in [0, 0.1) is 5.92 Å². The third kappa shape index (κ3) is 3.50. The maximum atomic E-state index is 14.0. The van der Waals surface area contributed by atoms with Crippen molar-refractivity contribution in [1.82, 2.24) is 0 Å². The lowest BCUT2D eigenvalue weighted by Gasteiger charge is -2.30. The standard InChI is InChI=1S/C31H32N2O2/c1-31(2)24-13-7-9-15-26(24)33(17-16-20-10-4-3-5-11-20)30(31)22-18-27(34)28(29(22)35)23-19-32-25-14-8-6-12-21(23)25/h6-9,12-15,18-20,34H,3-5,10-11,16-17H2,1-2H3. The number of anilines is 1. The molecule has 4 heteroatoms. The molecule has 2 aromatic rings. The number of fused-ring (bicyclic) bond motifs is 2. The summed E-state index contributed by atoms with van der Waals surface area (Å²) in [5.41, 5.74) is 6.48. The monoisotopic (exact) mass is 464 g/mol. The zero-order chi connectivity index (χ0) is 24.2. The Hall–Kier alpha value is -3.40. The first-order valence-electron chi connectivity index (χ1n) is 12.9. The molecule has 2 heterocycles. The maximum absolute atomic E-state index is 14.0. The summed E-state index contributed by atoms with van der Waals surface area (Å²) in [4.78, 5) is 20.8. The van der Waals surface area contributed by atoms with Crippen LogP contribution in [0.15, 0.2) is 82.2 Å². The Bertz CT molecular complexity index is 1340. The van der Waals surface area contributed by atoms with Crippen LogP contribution in [0.4, 0.5) is 11.4 Å². The van der Waals surface area contributed by atoms with Gasteiger partial charge in [-0.25, -0.2) is 0 Å². The largest absolute Gasteiger partial charge is 0.507 e. The van der Waals surface area contributed by atoms with E-state index >= 15 is 0 Å². The highest BCUT2D eigenvalue weighted by Gasteiger charge is 2.45. The van der Waals surface area contributed by atoms with Gasteiger partial charge in [-0.05, 0) is 36.1 Å². The second-order valence-electron chi connectivity index (χ2n) is 10.8. The third-order valence-electron chi connectivity index (χ3n) is 8.28. The smallest absolute Gasteiger partial charge is 0.199 e. The number of nitrogens with zero attached hydrogens (tertiary/aromatic N) is 2. The minimum absolute atomic E-state index is 0.0367. The molecule has 35 heavy (non-hydrogen) atoms. The average Bonchev–Trinajstić information content (AvgIpc) is 3.48. The van der Waals surface area contributed by atoms with Gasteiger partial charge in [-0.3, -0.25) is 9.79 Å². The summed E-state index contributed by atoms with van der Waals surface area (Å²) in [6, 6.07) is 16.3. The molecule has 178 valence electrons. The summed E-state index contributed by atoms with van der Waals surface area (Å²) in [6.07, 6.45) is 11.2. The molecule has 6 rings (SSSR count). The second kappa shape index (κ2) is 8.37. The first-order valence-corrected chi connectivity index (χ1v) is 12.9. The molecule has 0 spiro atoms. The molecule has 1 N–H and O–H groups in total. The number of benzene rings is 2. The molecule has 0 radical (unpaired) electrons. The van der Waals surface area contributed by atoms with E-state index in [1.807, 2.05) is 24.3 Å². The lowest BCUT2D eigenvalue weighted by Crippen LogP contribution is -2.31. The van der Waals surface area contributed by atoms with Gasteiger partial charge in [0.2, 0.25) is 0 Å². The fourth-order valence-electron chi connectivity index (χ4n) is 6.50. The number of hydrogen-bond acceptors (Lipinski definition) is 4. The van der Waals surface area contributed by atoms with Crippen LogP contribution in [0.5, 0.6) is 0 Å². The Morgan fingerprint density at radius 3 is 2.57 bits per heavy atom. The Morgan fingerprint density at radius 1 is 1.00 bits per heavy atom. The van der Waals surface area contributed by atoms with E-state index in [9.17, 15) is 9.90 Å². The Labute approximate surface area is 207 Å². The zero-order valence-electron chi connectivity index (χ0n) is 20.6. The van der Waals surface area contributed by atoms with Crippen molar-refractivity contribution in [2.24, 2.45) is 10.9 Å². The van der Waals surface area contributed by atoms with Gasteiger partial charge in [-0.1, -0.05) is 82.3 Å². The van der Waals surface area contributed by atoms with Crippen molar-refractivity contribution < 1.29 is 9.90 Å². The van der Waals surface area contributed by atoms with E-state index in [0.717, 1.165) is 35.8 Å². The van der Waals surface area contributed by atoms with Crippen LogP contribution >= 0.6 is 0 Å². The molecule has 0 atom stereocenters. The van der Waals surface area contributed by atoms with Crippen molar-refractivity contribution in [1.29, 1.82) is 0 Å². The van der Waals surface area contributed by atoms with Crippen molar-refractivity contribution in [3.05, 3.63) is 88.3 Å². The molecule has 2 aliphatic carbocycles. The molecular formula is C31H32N2O2. The lowest BCUT2D eigenvalue weighted by molar-refractivity contribution is -0.111. The Balaban J connectivity index is 1.45. The highest BCUT2D eigenvalue weighted by molar-refractivity contribution is 6.30. The van der Waals surface area contributed by atoms with E-state index in [1.54, 1.807) is 12.3 Å². The minimum Gasteiger partial charge on any atom is -0.507 e. The van der Waals surface area contributed by atoms with Crippen LogP contribution < -0.4 is 4.90 Å². The fourth-order valence-corrected chi connectivity index (χ4v) is 6.50. The van der Waals surface area contributed by atoms with E-state index in [0.29, 0.717) is 16.7 Å². The first kappa shape index (κ1) is 22.1. The van der Waals surface area contributed by atoms with Gasteiger partial charge in [-0.2, -0.15) is 0 Å². The van der Waals surface area contributed by atoms with Crippen LogP contribution in [0.1, 0.15) is 63.5 Å². The maximum Gasteiger partial charge on any atom is 0.199 e. The van der Waals surface area contributed by atoms with Crippen molar-refractivity contribution >= 4 is 28.9 Å². The van der Waals surface area contributed by atoms with E-state index in [-0.39, 0.29) is 17.0 Å². The number of carbonyl (C=O) groups is 1. The number of hydrogen-bond donors (Lipinski definition) is 1. The number of Topliss-reactive ketones (excluding diaryl/α,β-unsaturated/α-hetero) is 1. The number of ketones is 1. The van der Waals surface area contributed by atoms with E-state index < -0.39 is 0 Å². The molecule has 0 saturated heterocycles. The molecule has 2 aromatic carbocycles. The number of carbonyl (C=O) groups excluding carboxylic acids is 1. The SMILES string of the molecule is CC1(C)C(=C2C=C(O)C(=C3C=Nc4ccccc43)C2=O)N(CCC2CCCCC2)c2ccccc21. The van der Waals surface area contributed by atoms with Crippen LogP contribution in [0.2, 0.25) is 0 Å². The summed E-state index contributed by atoms with van der Waals surface area (Å²) >= 11 is 0. The lowest BCUT2D eigenvalue weighted by atomic mass is 9.81. The molecule has 0 amide bonds. The van der Waals surface area contributed by atoms with Gasteiger partial charge in [-0.15, -0.1) is 0 Å². The summed E-state index contributed by atoms with van der Waals surface area (Å²) in [7, 11) is 0. The molecule has 0 aromatic heterocycles. The summed E-state index contributed by atoms with van der Waals surface area (Å²) in [5.74, 6) is 0.673. The van der Waals surface area contributed by atoms with Crippen LogP contribution in [0.25, 0.3) is 5.57 Å². The molecule has 1 fully saturated rings. The van der Waals surface area contributed by atoms with Gasteiger partial charge < -0.3 is 10.0 Å². The summed E-state index contributed by atoms with van der Waals surface area (Å²) in [6.45, 7) is 5.29. The van der Waals surface area contributed by atoms with Gasteiger partial charge in [0.1, 0.15) is 5.76 Å². The predicted molar refractivity (Wildman–Crippen MR) is 142 cm³/mol. The number of aliphatic imine (C=N–C) groups is 1. The van der Waals surface area contributed by atoms with E-state index in [4.69, 9.17) is 0 Å². The van der Waals surface area contributed by atoms with E-state index in [1.165, 1.54) is 43.4 Å². The van der Waals surface area contributed by atoms with Gasteiger partial charge in [0.15, 0.2) is 5.78 Å². The van der Waals surface area contributed by atoms with Gasteiger partial charge in [0, 0.05) is 46.3 Å². The van der Waals surface area contributed by atoms with Crippen LogP contribution in [0.3, 0.4) is 0 Å². The second-order valence-corrected chi connectivity index (χ2v) is 10.8. The first-order chi connectivity index (χ1) is 17.0. The van der Waals surface area contributed by atoms with Gasteiger partial charge in [0.05, 0.1) is 11.3 Å². The topological polar surface area (TPSA) is 52.9 Å². The number of rotatable bonds is 3. The molecular weight excluding hydrogens is 432 g/mol. The van der Waals surface area contributed by atoms with Gasteiger partial charge >= 0.3 is 0 Å². The Morgan fingerprint density at radius 2 is 1.74 bits per heavy atom. The molecule has 1 saturated carbocycles. The quantitative estimate of drug-likeness (QED) is 0.489. The molecule has 4 nitrogen and oxygen atoms in total. The summed E-state index contributed by atoms with van der Waals surface area (Å²) in [5, 5.41) is 11.1. The molecule has 0 unspecified atom stereocenters. The van der Waals surface area contributed by atoms with Crippen molar-refractivity contribution in [3.63, 3.8) is 0 Å². The number of aliphatic hydroxyl groups is 1. The van der Waals surface area contributed by atoms with Crippen molar-refractivity contribution in [3.8, 4) is 0 Å². The Kier molecular flexibility index (Phi) is 5.28. The zero-order valence-corrected chi connectivity index (χ0v) is 20.6. The van der Waals surface area contributed by atoms with E-state index in [2.05, 4.69) is 48.0 Å². The highest BCUT2D eigenvalue weighted by atomic mass is 16.3. The van der Waals surface area contributed by atoms with Crippen molar-refractivity contribution in [2.75, 3.05) is 11.4 Å². The normalized spacial score (nSPS) is 25.3. The van der Waals surface area contributed by atoms with Gasteiger partial charge in [0.25, 0.3) is 0 Å². The molecule has 0 bridgehead atoms. The van der Waals surface area contributed by atoms with Crippen LogP contribution in [-0.2, 0) is 10.2 Å². The third-order valence-corrected chi connectivity index (χ3v) is 8.28. The molecule has 2 aliphatic heterocycles. The fraction of sp³-hybridized carbons (Fsp3) is 0.355. The average molecular weight is 465 g/mol. The van der Waals surface area contributed by atoms with Crippen LogP contribution in [-0.4, -0.2) is 23.6 Å². The summed E-state index contributed by atoms with van der Waals surface area (Å²) < 4.78 is 0.